The van der Waals surface area contributed by atoms with Crippen molar-refractivity contribution in [2.24, 2.45) is 0 Å². The summed E-state index contributed by atoms with van der Waals surface area (Å²) in [5, 5.41) is 3.15. The lowest BCUT2D eigenvalue weighted by molar-refractivity contribution is -0.121. The highest BCUT2D eigenvalue weighted by atomic mass is 32.2. The van der Waals surface area contributed by atoms with Crippen LogP contribution in [0.5, 0.6) is 0 Å². The maximum Gasteiger partial charge on any atom is 0.402 e. The topological polar surface area (TPSA) is 70.2 Å². The van der Waals surface area contributed by atoms with Gasteiger partial charge in [0.2, 0.25) is 0 Å². The fourth-order valence-electron chi connectivity index (χ4n) is 2.11. The van der Waals surface area contributed by atoms with Crippen LogP contribution in [0.25, 0.3) is 0 Å². The van der Waals surface area contributed by atoms with Crippen molar-refractivity contribution in [3.05, 3.63) is 23.8 Å². The number of para-hydroxylation sites is 1. The molecule has 5 nitrogen and oxygen atoms in total. The van der Waals surface area contributed by atoms with Crippen molar-refractivity contribution in [1.29, 1.82) is 0 Å². The van der Waals surface area contributed by atoms with Crippen molar-refractivity contribution in [1.82, 2.24) is 4.72 Å². The van der Waals surface area contributed by atoms with E-state index >= 15 is 0 Å². The summed E-state index contributed by atoms with van der Waals surface area (Å²) < 4.78 is 63.2. The number of benzene rings is 1. The SMILES string of the molecule is CC1CCc2cccc(NS(=O)(=O)NCC(F)(F)F)c2N1. The van der Waals surface area contributed by atoms with E-state index in [1.54, 1.807) is 6.07 Å². The Hall–Kier alpha value is -1.48. The second-order valence-corrected chi connectivity index (χ2v) is 6.47. The molecule has 21 heavy (non-hydrogen) atoms. The summed E-state index contributed by atoms with van der Waals surface area (Å²) in [5.74, 6) is 0. The molecule has 0 aliphatic carbocycles. The summed E-state index contributed by atoms with van der Waals surface area (Å²) in [7, 11) is -4.28. The van der Waals surface area contributed by atoms with Crippen LogP contribution < -0.4 is 14.8 Å². The number of rotatable bonds is 4. The van der Waals surface area contributed by atoms with Crippen molar-refractivity contribution in [2.75, 3.05) is 16.6 Å². The molecule has 2 rings (SSSR count). The molecular weight excluding hydrogens is 307 g/mol. The zero-order valence-electron chi connectivity index (χ0n) is 11.3. The minimum atomic E-state index is -4.60. The second-order valence-electron chi connectivity index (χ2n) is 4.97. The summed E-state index contributed by atoms with van der Waals surface area (Å²) in [6.45, 7) is 0.345. The largest absolute Gasteiger partial charge is 0.402 e. The highest BCUT2D eigenvalue weighted by Crippen LogP contribution is 2.32. The number of fused-ring (bicyclic) bond motifs is 1. The van der Waals surface area contributed by atoms with E-state index in [1.165, 1.54) is 10.8 Å². The quantitative estimate of drug-likeness (QED) is 0.796. The van der Waals surface area contributed by atoms with E-state index in [2.05, 4.69) is 10.0 Å². The molecule has 1 atom stereocenters. The summed E-state index contributed by atoms with van der Waals surface area (Å²) in [6, 6.07) is 5.20. The van der Waals surface area contributed by atoms with E-state index in [0.29, 0.717) is 5.69 Å². The molecule has 0 bridgehead atoms. The average molecular weight is 323 g/mol. The number of hydrogen-bond donors (Lipinski definition) is 3. The van der Waals surface area contributed by atoms with E-state index in [4.69, 9.17) is 0 Å². The van der Waals surface area contributed by atoms with Crippen LogP contribution >= 0.6 is 0 Å². The first kappa shape index (κ1) is 15.9. The van der Waals surface area contributed by atoms with Gasteiger partial charge in [0.25, 0.3) is 10.2 Å². The summed E-state index contributed by atoms with van der Waals surface area (Å²) in [4.78, 5) is 0. The van der Waals surface area contributed by atoms with Gasteiger partial charge in [-0.05, 0) is 31.4 Å². The van der Waals surface area contributed by atoms with Gasteiger partial charge in [-0.1, -0.05) is 12.1 Å². The maximum atomic E-state index is 12.1. The molecule has 0 saturated carbocycles. The Bertz CT molecular complexity index is 617. The molecule has 118 valence electrons. The third-order valence-electron chi connectivity index (χ3n) is 3.10. The third kappa shape index (κ3) is 4.50. The Kier molecular flexibility index (Phi) is 4.33. The smallest absolute Gasteiger partial charge is 0.381 e. The molecule has 0 spiro atoms. The monoisotopic (exact) mass is 323 g/mol. The number of alkyl halides is 3. The van der Waals surface area contributed by atoms with Gasteiger partial charge in [-0.15, -0.1) is 0 Å². The van der Waals surface area contributed by atoms with Crippen LogP contribution in [-0.2, 0) is 16.6 Å². The lowest BCUT2D eigenvalue weighted by Gasteiger charge is -2.26. The molecule has 1 aromatic carbocycles. The molecule has 1 aromatic rings. The number of aryl methyl sites for hydroxylation is 1. The molecule has 1 heterocycles. The highest BCUT2D eigenvalue weighted by molar-refractivity contribution is 7.90. The van der Waals surface area contributed by atoms with Crippen molar-refractivity contribution in [2.45, 2.75) is 32.0 Å². The van der Waals surface area contributed by atoms with Gasteiger partial charge < -0.3 is 5.32 Å². The van der Waals surface area contributed by atoms with Gasteiger partial charge in [-0.3, -0.25) is 4.72 Å². The summed E-state index contributed by atoms with van der Waals surface area (Å²) in [5.41, 5.74) is 1.80. The Morgan fingerprint density at radius 3 is 2.76 bits per heavy atom. The fourth-order valence-corrected chi connectivity index (χ4v) is 3.00. The first-order valence-corrected chi connectivity index (χ1v) is 7.87. The van der Waals surface area contributed by atoms with Crippen LogP contribution in [0.3, 0.4) is 0 Å². The number of anilines is 2. The normalized spacial score (nSPS) is 18.8. The highest BCUT2D eigenvalue weighted by Gasteiger charge is 2.30. The van der Waals surface area contributed by atoms with Crippen LogP contribution in [0.2, 0.25) is 0 Å². The zero-order chi connectivity index (χ0) is 15.7. The first-order chi connectivity index (χ1) is 9.66. The Morgan fingerprint density at radius 2 is 2.10 bits per heavy atom. The zero-order valence-corrected chi connectivity index (χ0v) is 12.1. The van der Waals surface area contributed by atoms with Crippen molar-refractivity contribution in [3.63, 3.8) is 0 Å². The fraction of sp³-hybridized carbons (Fsp3) is 0.500. The molecule has 9 heteroatoms. The lowest BCUT2D eigenvalue weighted by Crippen LogP contribution is -2.37. The lowest BCUT2D eigenvalue weighted by atomic mass is 9.98. The van der Waals surface area contributed by atoms with E-state index in [-0.39, 0.29) is 11.7 Å². The van der Waals surface area contributed by atoms with Crippen LogP contribution in [-0.4, -0.2) is 27.2 Å². The molecule has 0 fully saturated rings. The minimum absolute atomic E-state index is 0.172. The number of nitrogens with one attached hydrogen (secondary N) is 3. The van der Waals surface area contributed by atoms with Crippen LogP contribution in [0.15, 0.2) is 18.2 Å². The first-order valence-electron chi connectivity index (χ1n) is 6.39. The molecule has 3 N–H and O–H groups in total. The Balaban J connectivity index is 2.16. The maximum absolute atomic E-state index is 12.1. The van der Waals surface area contributed by atoms with Gasteiger partial charge in [0.05, 0.1) is 11.4 Å². The van der Waals surface area contributed by atoms with Crippen molar-refractivity contribution < 1.29 is 21.6 Å². The summed E-state index contributed by atoms with van der Waals surface area (Å²) >= 11 is 0. The van der Waals surface area contributed by atoms with Gasteiger partial charge in [0.1, 0.15) is 6.54 Å². The molecule has 1 aliphatic heterocycles. The molecule has 0 aromatic heterocycles. The standard InChI is InChI=1S/C12H16F3N3O2S/c1-8-5-6-9-3-2-4-10(11(9)17-8)18-21(19,20)16-7-12(13,14)15/h2-4,8,16-18H,5-7H2,1H3. The molecule has 1 unspecified atom stereocenters. The van der Waals surface area contributed by atoms with Gasteiger partial charge in [0.15, 0.2) is 0 Å². The van der Waals surface area contributed by atoms with Crippen LogP contribution in [0.4, 0.5) is 24.5 Å². The average Bonchev–Trinajstić information content (AvgIpc) is 2.36. The predicted molar refractivity (Wildman–Crippen MR) is 74.4 cm³/mol. The third-order valence-corrected chi connectivity index (χ3v) is 4.11. The molecule has 0 saturated heterocycles. The van der Waals surface area contributed by atoms with Crippen LogP contribution in [0.1, 0.15) is 18.9 Å². The van der Waals surface area contributed by atoms with E-state index < -0.39 is 22.9 Å². The van der Waals surface area contributed by atoms with Gasteiger partial charge in [-0.2, -0.15) is 26.3 Å². The van der Waals surface area contributed by atoms with Crippen molar-refractivity contribution >= 4 is 21.6 Å². The second kappa shape index (κ2) is 5.72. The Labute approximate surface area is 121 Å². The summed E-state index contributed by atoms with van der Waals surface area (Å²) in [6.07, 6.45) is -2.90. The molecule has 0 amide bonds. The van der Waals surface area contributed by atoms with Crippen molar-refractivity contribution in [3.8, 4) is 0 Å². The van der Waals surface area contributed by atoms with E-state index in [1.807, 2.05) is 13.0 Å². The Morgan fingerprint density at radius 1 is 1.38 bits per heavy atom. The molecular formula is C12H16F3N3O2S. The van der Waals surface area contributed by atoms with Gasteiger partial charge >= 0.3 is 6.18 Å². The van der Waals surface area contributed by atoms with Gasteiger partial charge in [0, 0.05) is 6.04 Å². The number of hydrogen-bond acceptors (Lipinski definition) is 3. The van der Waals surface area contributed by atoms with E-state index in [9.17, 15) is 21.6 Å². The molecule has 1 aliphatic rings. The predicted octanol–water partition coefficient (Wildman–Crippen LogP) is 2.24. The van der Waals surface area contributed by atoms with E-state index in [0.717, 1.165) is 18.4 Å². The van der Waals surface area contributed by atoms with Gasteiger partial charge in [-0.25, -0.2) is 0 Å². The van der Waals surface area contributed by atoms with Crippen LogP contribution in [0, 0.1) is 0 Å². The minimum Gasteiger partial charge on any atom is -0.381 e. The number of halogens is 3. The molecule has 0 radical (unpaired) electrons.